The van der Waals surface area contributed by atoms with Crippen molar-refractivity contribution in [1.82, 2.24) is 20.1 Å². The molecule has 1 N–H and O–H groups in total. The smallest absolute Gasteiger partial charge is 0.293 e. The van der Waals surface area contributed by atoms with E-state index < -0.39 is 9.84 Å². The Hall–Kier alpha value is -1.44. The number of hydrogen-bond acceptors (Lipinski definition) is 5. The number of aryl methyl sites for hydroxylation is 1. The van der Waals surface area contributed by atoms with E-state index in [1.807, 2.05) is 13.8 Å². The Labute approximate surface area is 118 Å². The Balaban J connectivity index is 2.12. The Kier molecular flexibility index (Phi) is 4.42. The summed E-state index contributed by atoms with van der Waals surface area (Å²) < 4.78 is 23.1. The predicted molar refractivity (Wildman–Crippen MR) is 74.1 cm³/mol. The molecule has 1 aliphatic rings. The summed E-state index contributed by atoms with van der Waals surface area (Å²) in [6.45, 7) is 4.31. The highest BCUT2D eigenvalue weighted by Crippen LogP contribution is 2.19. The third kappa shape index (κ3) is 3.17. The molecule has 1 aromatic rings. The van der Waals surface area contributed by atoms with E-state index in [2.05, 4.69) is 15.2 Å². The molecule has 1 atom stereocenters. The van der Waals surface area contributed by atoms with Crippen LogP contribution in [0.25, 0.3) is 0 Å². The second-order valence-corrected chi connectivity index (χ2v) is 7.23. The van der Waals surface area contributed by atoms with Crippen LogP contribution in [0.1, 0.15) is 43.1 Å². The van der Waals surface area contributed by atoms with Gasteiger partial charge in [0.15, 0.2) is 9.84 Å². The zero-order chi connectivity index (χ0) is 14.8. The lowest BCUT2D eigenvalue weighted by Crippen LogP contribution is -2.41. The number of sulfone groups is 1. The number of aromatic amines is 1. The van der Waals surface area contributed by atoms with Crippen LogP contribution >= 0.6 is 0 Å². The van der Waals surface area contributed by atoms with E-state index in [0.717, 1.165) is 12.8 Å². The van der Waals surface area contributed by atoms with Gasteiger partial charge in [0.25, 0.3) is 5.91 Å². The van der Waals surface area contributed by atoms with Crippen LogP contribution in [0.4, 0.5) is 0 Å². The van der Waals surface area contributed by atoms with E-state index in [4.69, 9.17) is 0 Å². The molecule has 0 bridgehead atoms. The van der Waals surface area contributed by atoms with E-state index in [0.29, 0.717) is 18.8 Å². The van der Waals surface area contributed by atoms with Crippen molar-refractivity contribution in [3.8, 4) is 0 Å². The van der Waals surface area contributed by atoms with Gasteiger partial charge in [-0.15, -0.1) is 5.10 Å². The third-order valence-corrected chi connectivity index (χ3v) is 5.21. The van der Waals surface area contributed by atoms with Crippen molar-refractivity contribution in [2.24, 2.45) is 0 Å². The molecule has 1 unspecified atom stereocenters. The first-order chi connectivity index (χ1) is 9.46. The van der Waals surface area contributed by atoms with E-state index in [1.54, 1.807) is 4.90 Å². The van der Waals surface area contributed by atoms with Crippen LogP contribution in [-0.2, 0) is 16.3 Å². The van der Waals surface area contributed by atoms with E-state index >= 15 is 0 Å². The first kappa shape index (κ1) is 15.0. The van der Waals surface area contributed by atoms with Gasteiger partial charge in [-0.3, -0.25) is 9.89 Å². The Morgan fingerprint density at radius 2 is 2.20 bits per heavy atom. The maximum Gasteiger partial charge on any atom is 0.293 e. The quantitative estimate of drug-likeness (QED) is 0.849. The van der Waals surface area contributed by atoms with Gasteiger partial charge in [-0.2, -0.15) is 0 Å². The van der Waals surface area contributed by atoms with Crippen LogP contribution in [-0.4, -0.2) is 58.5 Å². The molecule has 0 saturated carbocycles. The van der Waals surface area contributed by atoms with Crippen LogP contribution in [0.5, 0.6) is 0 Å². The van der Waals surface area contributed by atoms with E-state index in [-0.39, 0.29) is 29.3 Å². The van der Waals surface area contributed by atoms with Crippen molar-refractivity contribution >= 4 is 15.7 Å². The van der Waals surface area contributed by atoms with Crippen molar-refractivity contribution < 1.29 is 13.2 Å². The van der Waals surface area contributed by atoms with Crippen LogP contribution in [0.2, 0.25) is 0 Å². The maximum absolute atomic E-state index is 12.4. The van der Waals surface area contributed by atoms with Gasteiger partial charge < -0.3 is 4.90 Å². The van der Waals surface area contributed by atoms with Crippen molar-refractivity contribution in [2.75, 3.05) is 18.1 Å². The molecule has 0 spiro atoms. The first-order valence-electron chi connectivity index (χ1n) is 6.89. The average Bonchev–Trinajstić information content (AvgIpc) is 2.98. The molecular weight excluding hydrogens is 280 g/mol. The van der Waals surface area contributed by atoms with Gasteiger partial charge in [-0.25, -0.2) is 13.4 Å². The molecule has 2 rings (SSSR count). The molecule has 7 nitrogen and oxygen atoms in total. The van der Waals surface area contributed by atoms with Crippen molar-refractivity contribution in [3.63, 3.8) is 0 Å². The SMILES string of the molecule is CCCc1nc(C(=O)N(CC)C2CCS(=O)(=O)C2)n[nH]1. The summed E-state index contributed by atoms with van der Waals surface area (Å²) in [5.41, 5.74) is 0. The van der Waals surface area contributed by atoms with Gasteiger partial charge in [0.2, 0.25) is 5.82 Å². The normalized spacial score (nSPS) is 21.0. The van der Waals surface area contributed by atoms with Crippen LogP contribution in [0.15, 0.2) is 0 Å². The highest BCUT2D eigenvalue weighted by atomic mass is 32.2. The van der Waals surface area contributed by atoms with Crippen LogP contribution in [0, 0.1) is 0 Å². The number of nitrogens with one attached hydrogen (secondary N) is 1. The number of rotatable bonds is 5. The van der Waals surface area contributed by atoms with Crippen molar-refractivity contribution in [1.29, 1.82) is 0 Å². The summed E-state index contributed by atoms with van der Waals surface area (Å²) in [7, 11) is -3.01. The molecule has 1 aliphatic heterocycles. The molecule has 0 aliphatic carbocycles. The number of carbonyl (C=O) groups excluding carboxylic acids is 1. The molecular formula is C12H20N4O3S. The Morgan fingerprint density at radius 3 is 2.75 bits per heavy atom. The molecule has 0 radical (unpaired) electrons. The highest BCUT2D eigenvalue weighted by Gasteiger charge is 2.35. The van der Waals surface area contributed by atoms with Gasteiger partial charge >= 0.3 is 0 Å². The summed E-state index contributed by atoms with van der Waals surface area (Å²) in [6.07, 6.45) is 2.15. The van der Waals surface area contributed by atoms with Gasteiger partial charge in [-0.05, 0) is 19.8 Å². The topological polar surface area (TPSA) is 96.0 Å². The summed E-state index contributed by atoms with van der Waals surface area (Å²) in [5.74, 6) is 0.703. The molecule has 0 aromatic carbocycles. The summed E-state index contributed by atoms with van der Waals surface area (Å²) in [6, 6.07) is -0.259. The van der Waals surface area contributed by atoms with Crippen molar-refractivity contribution in [2.45, 2.75) is 39.2 Å². The zero-order valence-electron chi connectivity index (χ0n) is 11.8. The van der Waals surface area contributed by atoms with Crippen LogP contribution in [0.3, 0.4) is 0 Å². The summed E-state index contributed by atoms with van der Waals surface area (Å²) in [4.78, 5) is 18.1. The molecule has 1 aromatic heterocycles. The summed E-state index contributed by atoms with van der Waals surface area (Å²) in [5, 5.41) is 6.68. The maximum atomic E-state index is 12.4. The minimum atomic E-state index is -3.01. The third-order valence-electron chi connectivity index (χ3n) is 3.46. The molecule has 1 amide bonds. The highest BCUT2D eigenvalue weighted by molar-refractivity contribution is 7.91. The van der Waals surface area contributed by atoms with Gasteiger partial charge in [-0.1, -0.05) is 6.92 Å². The lowest BCUT2D eigenvalue weighted by molar-refractivity contribution is 0.0696. The fourth-order valence-corrected chi connectivity index (χ4v) is 4.19. The minimum absolute atomic E-state index is 0.0405. The number of H-pyrrole nitrogens is 1. The predicted octanol–water partition coefficient (Wildman–Crippen LogP) is 0.406. The van der Waals surface area contributed by atoms with Gasteiger partial charge in [0.05, 0.1) is 11.5 Å². The van der Waals surface area contributed by atoms with Crippen molar-refractivity contribution in [3.05, 3.63) is 11.6 Å². The average molecular weight is 300 g/mol. The standard InChI is InChI=1S/C12H20N4O3S/c1-3-5-10-13-11(15-14-10)12(17)16(4-2)9-6-7-20(18,19)8-9/h9H,3-8H2,1-2H3,(H,13,14,15). The van der Waals surface area contributed by atoms with E-state index in [1.165, 1.54) is 0 Å². The largest absolute Gasteiger partial charge is 0.332 e. The fraction of sp³-hybridized carbons (Fsp3) is 0.750. The lowest BCUT2D eigenvalue weighted by Gasteiger charge is -2.25. The minimum Gasteiger partial charge on any atom is -0.332 e. The molecule has 1 saturated heterocycles. The number of aromatic nitrogens is 3. The van der Waals surface area contributed by atoms with Gasteiger partial charge in [0, 0.05) is 19.0 Å². The second kappa shape index (κ2) is 5.90. The molecule has 1 fully saturated rings. The second-order valence-electron chi connectivity index (χ2n) is 5.00. The number of carbonyl (C=O) groups is 1. The molecule has 20 heavy (non-hydrogen) atoms. The lowest BCUT2D eigenvalue weighted by atomic mass is 10.2. The van der Waals surface area contributed by atoms with Gasteiger partial charge in [0.1, 0.15) is 5.82 Å². The van der Waals surface area contributed by atoms with E-state index in [9.17, 15) is 13.2 Å². The molecule has 2 heterocycles. The fourth-order valence-electron chi connectivity index (χ4n) is 2.46. The Morgan fingerprint density at radius 1 is 1.45 bits per heavy atom. The number of hydrogen-bond donors (Lipinski definition) is 1. The molecule has 8 heteroatoms. The Bertz CT molecular complexity index is 581. The van der Waals surface area contributed by atoms with Crippen LogP contribution < -0.4 is 0 Å². The summed E-state index contributed by atoms with van der Waals surface area (Å²) >= 11 is 0. The number of nitrogens with zero attached hydrogens (tertiary/aromatic N) is 3. The monoisotopic (exact) mass is 300 g/mol. The zero-order valence-corrected chi connectivity index (χ0v) is 12.6. The molecule has 112 valence electrons. The first-order valence-corrected chi connectivity index (χ1v) is 8.71. The number of amides is 1.